The van der Waals surface area contributed by atoms with Crippen LogP contribution in [0.25, 0.3) is 11.0 Å². The molecule has 0 aliphatic heterocycles. The number of halogens is 1. The van der Waals surface area contributed by atoms with Crippen molar-refractivity contribution < 1.29 is 9.31 Å². The predicted octanol–water partition coefficient (Wildman–Crippen LogP) is 2.70. The molecule has 0 aliphatic carbocycles. The van der Waals surface area contributed by atoms with Crippen LogP contribution >= 0.6 is 0 Å². The molecule has 0 spiro atoms. The van der Waals surface area contributed by atoms with Gasteiger partial charge in [-0.05, 0) is 35.4 Å². The molecule has 150 valence electrons. The molecule has 0 radical (unpaired) electrons. The maximum Gasteiger partial charge on any atom is 0.333 e. The molecule has 2 aromatic carbocycles. The van der Waals surface area contributed by atoms with Crippen LogP contribution in [-0.4, -0.2) is 19.0 Å². The summed E-state index contributed by atoms with van der Waals surface area (Å²) in [7, 11) is 0. The molecule has 0 N–H and O–H groups in total. The molecule has 0 fully saturated rings. The molecule has 0 amide bonds. The largest absolute Gasteiger partial charge is 0.333 e. The minimum absolute atomic E-state index is 0.0248. The molecule has 9 heteroatoms. The topological polar surface area (TPSA) is 100 Å². The van der Waals surface area contributed by atoms with Gasteiger partial charge in [0, 0.05) is 18.3 Å². The molecule has 0 saturated carbocycles. The second-order valence-corrected chi connectivity index (χ2v) is 6.68. The molecule has 0 bridgehead atoms. The van der Waals surface area contributed by atoms with Crippen molar-refractivity contribution in [2.24, 2.45) is 0 Å². The van der Waals surface area contributed by atoms with Crippen molar-refractivity contribution in [3.63, 3.8) is 0 Å². The Balaban J connectivity index is 1.84. The molecule has 2 aromatic heterocycles. The van der Waals surface area contributed by atoms with Gasteiger partial charge in [-0.15, -0.1) is 0 Å². The van der Waals surface area contributed by atoms with Crippen LogP contribution in [0, 0.1) is 15.9 Å². The van der Waals surface area contributed by atoms with E-state index in [9.17, 15) is 24.1 Å². The summed E-state index contributed by atoms with van der Waals surface area (Å²) in [5.41, 5.74) is 0.334. The summed E-state index contributed by atoms with van der Waals surface area (Å²) >= 11 is 0. The van der Waals surface area contributed by atoms with Gasteiger partial charge >= 0.3 is 5.69 Å². The van der Waals surface area contributed by atoms with Crippen molar-refractivity contribution in [3.8, 4) is 0 Å². The molecule has 0 atom stereocenters. The van der Waals surface area contributed by atoms with Gasteiger partial charge in [0.1, 0.15) is 11.5 Å². The summed E-state index contributed by atoms with van der Waals surface area (Å²) in [6, 6.07) is 14.5. The highest BCUT2D eigenvalue weighted by molar-refractivity contribution is 5.73. The average molecular weight is 406 g/mol. The first-order chi connectivity index (χ1) is 14.4. The van der Waals surface area contributed by atoms with Crippen LogP contribution in [0.5, 0.6) is 0 Å². The van der Waals surface area contributed by atoms with Crippen molar-refractivity contribution in [3.05, 3.63) is 115 Å². The second kappa shape index (κ2) is 7.70. The molecule has 0 unspecified atom stereocenters. The van der Waals surface area contributed by atoms with Crippen LogP contribution in [0.15, 0.2) is 76.4 Å². The Labute approximate surface area is 168 Å². The zero-order valence-electron chi connectivity index (χ0n) is 15.6. The highest BCUT2D eigenvalue weighted by atomic mass is 19.1. The van der Waals surface area contributed by atoms with E-state index in [1.807, 2.05) is 0 Å². The lowest BCUT2D eigenvalue weighted by Gasteiger charge is -2.13. The van der Waals surface area contributed by atoms with E-state index in [0.29, 0.717) is 11.1 Å². The number of nitrogens with zero attached hydrogens (tertiary/aromatic N) is 4. The van der Waals surface area contributed by atoms with Gasteiger partial charge in [0.05, 0.1) is 23.4 Å². The Morgan fingerprint density at radius 3 is 2.13 bits per heavy atom. The van der Waals surface area contributed by atoms with Gasteiger partial charge in [0.25, 0.3) is 11.2 Å². The van der Waals surface area contributed by atoms with Crippen molar-refractivity contribution >= 4 is 16.7 Å². The summed E-state index contributed by atoms with van der Waals surface area (Å²) in [6.45, 7) is 0.0527. The van der Waals surface area contributed by atoms with E-state index < -0.39 is 22.0 Å². The van der Waals surface area contributed by atoms with E-state index in [2.05, 4.69) is 4.98 Å². The minimum Gasteiger partial charge on any atom is -0.273 e. The van der Waals surface area contributed by atoms with E-state index in [4.69, 9.17) is 0 Å². The van der Waals surface area contributed by atoms with Crippen LogP contribution < -0.4 is 11.2 Å². The van der Waals surface area contributed by atoms with Gasteiger partial charge < -0.3 is 0 Å². The first-order valence-electron chi connectivity index (χ1n) is 9.00. The van der Waals surface area contributed by atoms with Crippen LogP contribution in [0.3, 0.4) is 0 Å². The van der Waals surface area contributed by atoms with E-state index in [0.717, 1.165) is 4.57 Å². The number of nitro benzene ring substituents is 1. The normalized spacial score (nSPS) is 11.0. The average Bonchev–Trinajstić information content (AvgIpc) is 2.76. The number of hydrogen-bond acceptors (Lipinski definition) is 5. The number of benzene rings is 2. The molecule has 0 saturated heterocycles. The maximum absolute atomic E-state index is 13.2. The Bertz CT molecular complexity index is 1360. The lowest BCUT2D eigenvalue weighted by atomic mass is 10.2. The first-order valence-corrected chi connectivity index (χ1v) is 9.00. The molecule has 2 heterocycles. The Hall–Kier alpha value is -4.14. The van der Waals surface area contributed by atoms with E-state index in [1.165, 1.54) is 47.2 Å². The zero-order valence-corrected chi connectivity index (χ0v) is 15.6. The summed E-state index contributed by atoms with van der Waals surface area (Å²) in [5, 5.41) is 11.1. The predicted molar refractivity (Wildman–Crippen MR) is 108 cm³/mol. The SMILES string of the molecule is O=c1c2cccnc2n(Cc2ccc([N+](=O)[O-])cc2)c(=O)n1Cc1ccc(F)cc1. The van der Waals surface area contributed by atoms with Crippen molar-refractivity contribution in [1.29, 1.82) is 0 Å². The molecule has 8 nitrogen and oxygen atoms in total. The van der Waals surface area contributed by atoms with Gasteiger partial charge in [-0.2, -0.15) is 0 Å². The summed E-state index contributed by atoms with van der Waals surface area (Å²) in [4.78, 5) is 40.6. The van der Waals surface area contributed by atoms with Gasteiger partial charge in [0.2, 0.25) is 0 Å². The highest BCUT2D eigenvalue weighted by Crippen LogP contribution is 2.14. The van der Waals surface area contributed by atoms with Gasteiger partial charge in [-0.3, -0.25) is 24.0 Å². The fourth-order valence-electron chi connectivity index (χ4n) is 3.21. The van der Waals surface area contributed by atoms with Gasteiger partial charge in [-0.1, -0.05) is 24.3 Å². The Morgan fingerprint density at radius 2 is 1.50 bits per heavy atom. The van der Waals surface area contributed by atoms with Crippen molar-refractivity contribution in [2.75, 3.05) is 0 Å². The maximum atomic E-state index is 13.2. The van der Waals surface area contributed by atoms with Crippen LogP contribution in [0.1, 0.15) is 11.1 Å². The molecular weight excluding hydrogens is 391 g/mol. The monoisotopic (exact) mass is 406 g/mol. The second-order valence-electron chi connectivity index (χ2n) is 6.68. The van der Waals surface area contributed by atoms with Crippen LogP contribution in [0.2, 0.25) is 0 Å². The number of aromatic nitrogens is 3. The fraction of sp³-hybridized carbons (Fsp3) is 0.0952. The van der Waals surface area contributed by atoms with Gasteiger partial charge in [-0.25, -0.2) is 14.2 Å². The smallest absolute Gasteiger partial charge is 0.273 e. The lowest BCUT2D eigenvalue weighted by molar-refractivity contribution is -0.384. The quantitative estimate of drug-likeness (QED) is 0.375. The number of hydrogen-bond donors (Lipinski definition) is 0. The van der Waals surface area contributed by atoms with Crippen LogP contribution in [-0.2, 0) is 13.1 Å². The van der Waals surface area contributed by atoms with Crippen molar-refractivity contribution in [2.45, 2.75) is 13.1 Å². The minimum atomic E-state index is -0.575. The zero-order chi connectivity index (χ0) is 21.3. The molecule has 4 aromatic rings. The number of pyridine rings is 1. The Morgan fingerprint density at radius 1 is 0.900 bits per heavy atom. The molecule has 4 rings (SSSR count). The van der Waals surface area contributed by atoms with Crippen molar-refractivity contribution in [1.82, 2.24) is 14.1 Å². The first kappa shape index (κ1) is 19.2. The molecular formula is C21H15FN4O4. The third-order valence-electron chi connectivity index (χ3n) is 4.72. The van der Waals surface area contributed by atoms with E-state index >= 15 is 0 Å². The third kappa shape index (κ3) is 3.60. The summed E-state index contributed by atoms with van der Waals surface area (Å²) < 4.78 is 15.6. The lowest BCUT2D eigenvalue weighted by Crippen LogP contribution is -2.40. The number of nitro groups is 1. The number of fused-ring (bicyclic) bond motifs is 1. The molecule has 0 aliphatic rings. The van der Waals surface area contributed by atoms with Crippen LogP contribution in [0.4, 0.5) is 10.1 Å². The molecule has 30 heavy (non-hydrogen) atoms. The third-order valence-corrected chi connectivity index (χ3v) is 4.72. The number of rotatable bonds is 5. The standard InChI is InChI=1S/C21H15FN4O4/c22-16-7-3-14(4-8-16)13-25-20(27)18-2-1-11-23-19(18)24(21(25)28)12-15-5-9-17(10-6-15)26(29)30/h1-11H,12-13H2. The van der Waals surface area contributed by atoms with E-state index in [1.54, 1.807) is 24.3 Å². The summed E-state index contributed by atoms with van der Waals surface area (Å²) in [6.07, 6.45) is 1.48. The fourth-order valence-corrected chi connectivity index (χ4v) is 3.21. The summed E-state index contributed by atoms with van der Waals surface area (Å²) in [5.74, 6) is -0.413. The Kier molecular flexibility index (Phi) is 4.93. The number of non-ortho nitro benzene ring substituents is 1. The van der Waals surface area contributed by atoms with Gasteiger partial charge in [0.15, 0.2) is 0 Å². The highest BCUT2D eigenvalue weighted by Gasteiger charge is 2.15. The van der Waals surface area contributed by atoms with E-state index in [-0.39, 0.29) is 29.8 Å².